The van der Waals surface area contributed by atoms with E-state index in [0.717, 1.165) is 39.0 Å². The Balaban J connectivity index is 2.13. The molecule has 3 atom stereocenters. The fourth-order valence-corrected chi connectivity index (χ4v) is 3.53. The van der Waals surface area contributed by atoms with Crippen LogP contribution in [0.1, 0.15) is 51.9 Å². The summed E-state index contributed by atoms with van der Waals surface area (Å²) in [4.78, 5) is 0. The molecule has 0 spiro atoms. The Bertz CT molecular complexity index is 430. The van der Waals surface area contributed by atoms with Crippen molar-refractivity contribution in [1.82, 2.24) is 15.1 Å². The normalized spacial score (nSPS) is 23.6. The Hall–Kier alpha value is -0.870. The quantitative estimate of drug-likeness (QED) is 0.801. The van der Waals surface area contributed by atoms with Crippen LogP contribution in [0, 0.1) is 5.92 Å². The smallest absolute Gasteiger partial charge is 0.0624 e. The van der Waals surface area contributed by atoms with E-state index in [9.17, 15) is 0 Å². The second-order valence-corrected chi connectivity index (χ2v) is 5.93. The van der Waals surface area contributed by atoms with Gasteiger partial charge in [0, 0.05) is 37.2 Å². The van der Waals surface area contributed by atoms with Gasteiger partial charge < -0.3 is 10.1 Å². The molecule has 2 rings (SSSR count). The molecule has 21 heavy (non-hydrogen) atoms. The first-order valence-electron chi connectivity index (χ1n) is 8.63. The molecular weight excluding hydrogens is 262 g/mol. The topological polar surface area (TPSA) is 39.1 Å². The van der Waals surface area contributed by atoms with Crippen LogP contribution in [0.5, 0.6) is 0 Å². The molecule has 3 unspecified atom stereocenters. The van der Waals surface area contributed by atoms with E-state index in [0.29, 0.717) is 18.1 Å². The summed E-state index contributed by atoms with van der Waals surface area (Å²) >= 11 is 0. The average molecular weight is 293 g/mol. The molecular formula is C17H31N3O. The minimum Gasteiger partial charge on any atom is -0.378 e. The second-order valence-electron chi connectivity index (χ2n) is 5.93. The molecule has 1 fully saturated rings. The summed E-state index contributed by atoms with van der Waals surface area (Å²) in [5.41, 5.74) is 2.57. The van der Waals surface area contributed by atoms with Gasteiger partial charge in [0.25, 0.3) is 0 Å². The zero-order valence-electron chi connectivity index (χ0n) is 14.1. The molecule has 120 valence electrons. The molecule has 2 heterocycles. The average Bonchev–Trinajstić information content (AvgIpc) is 3.12. The lowest BCUT2D eigenvalue weighted by molar-refractivity contribution is 0.0774. The molecule has 1 aromatic heterocycles. The van der Waals surface area contributed by atoms with E-state index in [-0.39, 0.29) is 0 Å². The fraction of sp³-hybridized carbons (Fsp3) is 0.824. The largest absolute Gasteiger partial charge is 0.378 e. The van der Waals surface area contributed by atoms with Crippen molar-refractivity contribution in [2.24, 2.45) is 5.92 Å². The van der Waals surface area contributed by atoms with Crippen molar-refractivity contribution in [3.63, 3.8) is 0 Å². The summed E-state index contributed by atoms with van der Waals surface area (Å²) in [6.45, 7) is 11.6. The van der Waals surface area contributed by atoms with E-state index in [1.165, 1.54) is 17.8 Å². The highest BCUT2D eigenvalue weighted by Gasteiger charge is 2.33. The first-order chi connectivity index (χ1) is 10.2. The van der Waals surface area contributed by atoms with Crippen LogP contribution >= 0.6 is 0 Å². The maximum Gasteiger partial charge on any atom is 0.0624 e. The fourth-order valence-electron chi connectivity index (χ4n) is 3.53. The molecule has 0 aromatic carbocycles. The van der Waals surface area contributed by atoms with Crippen LogP contribution in [0.4, 0.5) is 0 Å². The number of aryl methyl sites for hydroxylation is 2. The van der Waals surface area contributed by atoms with Gasteiger partial charge in [-0.25, -0.2) is 0 Å². The SMILES string of the molecule is CCNC(Cc1cc(CC)nn1CC)C1CCOC1CC. The van der Waals surface area contributed by atoms with Crippen molar-refractivity contribution < 1.29 is 4.74 Å². The Morgan fingerprint density at radius 1 is 1.38 bits per heavy atom. The van der Waals surface area contributed by atoms with Crippen LogP contribution in [-0.2, 0) is 24.1 Å². The van der Waals surface area contributed by atoms with Crippen LogP contribution < -0.4 is 5.32 Å². The maximum absolute atomic E-state index is 5.90. The molecule has 0 amide bonds. The van der Waals surface area contributed by atoms with E-state index in [4.69, 9.17) is 4.74 Å². The number of rotatable bonds is 8. The van der Waals surface area contributed by atoms with Crippen molar-refractivity contribution in [1.29, 1.82) is 0 Å². The summed E-state index contributed by atoms with van der Waals surface area (Å²) in [5, 5.41) is 8.38. The number of nitrogens with one attached hydrogen (secondary N) is 1. The number of likely N-dealkylation sites (N-methyl/N-ethyl adjacent to an activating group) is 1. The van der Waals surface area contributed by atoms with Crippen LogP contribution in [0.3, 0.4) is 0 Å². The minimum atomic E-state index is 0.415. The van der Waals surface area contributed by atoms with Gasteiger partial charge in [-0.3, -0.25) is 4.68 Å². The predicted molar refractivity (Wildman–Crippen MR) is 86.6 cm³/mol. The monoisotopic (exact) mass is 293 g/mol. The summed E-state index contributed by atoms with van der Waals surface area (Å²) < 4.78 is 8.07. The van der Waals surface area contributed by atoms with Crippen molar-refractivity contribution in [2.45, 2.75) is 72.1 Å². The Morgan fingerprint density at radius 3 is 2.81 bits per heavy atom. The number of aromatic nitrogens is 2. The van der Waals surface area contributed by atoms with Crippen LogP contribution in [0.25, 0.3) is 0 Å². The third-order valence-corrected chi connectivity index (χ3v) is 4.65. The molecule has 1 aromatic rings. The van der Waals surface area contributed by atoms with Gasteiger partial charge in [-0.1, -0.05) is 20.8 Å². The Labute approximate surface area is 129 Å². The van der Waals surface area contributed by atoms with E-state index in [1.54, 1.807) is 0 Å². The first-order valence-corrected chi connectivity index (χ1v) is 8.63. The molecule has 1 aliphatic heterocycles. The van der Waals surface area contributed by atoms with Crippen LogP contribution in [-0.4, -0.2) is 35.1 Å². The highest BCUT2D eigenvalue weighted by Crippen LogP contribution is 2.28. The number of ether oxygens (including phenoxy) is 1. The van der Waals surface area contributed by atoms with E-state index in [1.807, 2.05) is 0 Å². The third-order valence-electron chi connectivity index (χ3n) is 4.65. The lowest BCUT2D eigenvalue weighted by atomic mass is 9.88. The molecule has 1 saturated heterocycles. The van der Waals surface area contributed by atoms with Gasteiger partial charge >= 0.3 is 0 Å². The van der Waals surface area contributed by atoms with Gasteiger partial charge in [-0.05, 0) is 38.8 Å². The molecule has 0 bridgehead atoms. The zero-order valence-corrected chi connectivity index (χ0v) is 14.1. The summed E-state index contributed by atoms with van der Waals surface area (Å²) in [6.07, 6.45) is 4.77. The summed E-state index contributed by atoms with van der Waals surface area (Å²) in [5.74, 6) is 0.625. The molecule has 4 heteroatoms. The lowest BCUT2D eigenvalue weighted by Gasteiger charge is -2.28. The summed E-state index contributed by atoms with van der Waals surface area (Å²) in [6, 6.07) is 2.78. The minimum absolute atomic E-state index is 0.415. The van der Waals surface area contributed by atoms with Gasteiger partial charge in [0.15, 0.2) is 0 Å². The standard InChI is InChI=1S/C17H31N3O/c1-5-13-11-14(20(8-4)19-13)12-16(18-7-3)15-9-10-21-17(15)6-2/h11,15-18H,5-10,12H2,1-4H3. The molecule has 4 nitrogen and oxygen atoms in total. The predicted octanol–water partition coefficient (Wildman–Crippen LogP) is 2.80. The lowest BCUT2D eigenvalue weighted by Crippen LogP contribution is -2.41. The van der Waals surface area contributed by atoms with E-state index < -0.39 is 0 Å². The highest BCUT2D eigenvalue weighted by atomic mass is 16.5. The number of hydrogen-bond donors (Lipinski definition) is 1. The highest BCUT2D eigenvalue weighted by molar-refractivity contribution is 5.12. The van der Waals surface area contributed by atoms with Crippen molar-refractivity contribution in [2.75, 3.05) is 13.2 Å². The van der Waals surface area contributed by atoms with Gasteiger partial charge in [0.05, 0.1) is 11.8 Å². The molecule has 0 saturated carbocycles. The van der Waals surface area contributed by atoms with Crippen molar-refractivity contribution in [3.05, 3.63) is 17.5 Å². The van der Waals surface area contributed by atoms with E-state index in [2.05, 4.69) is 48.9 Å². The summed E-state index contributed by atoms with van der Waals surface area (Å²) in [7, 11) is 0. The molecule has 0 aliphatic carbocycles. The van der Waals surface area contributed by atoms with Crippen LogP contribution in [0.15, 0.2) is 6.07 Å². The van der Waals surface area contributed by atoms with Gasteiger partial charge in [-0.2, -0.15) is 5.10 Å². The van der Waals surface area contributed by atoms with Gasteiger partial charge in [0.1, 0.15) is 0 Å². The molecule has 0 radical (unpaired) electrons. The maximum atomic E-state index is 5.90. The Kier molecular flexibility index (Phi) is 6.24. The number of hydrogen-bond acceptors (Lipinski definition) is 3. The first kappa shape index (κ1) is 16.5. The number of nitrogens with zero attached hydrogens (tertiary/aromatic N) is 2. The van der Waals surface area contributed by atoms with E-state index >= 15 is 0 Å². The Morgan fingerprint density at radius 2 is 2.19 bits per heavy atom. The molecule has 1 N–H and O–H groups in total. The molecule has 1 aliphatic rings. The van der Waals surface area contributed by atoms with Crippen molar-refractivity contribution >= 4 is 0 Å². The zero-order chi connectivity index (χ0) is 15.2. The second kappa shape index (κ2) is 7.95. The van der Waals surface area contributed by atoms with Crippen LogP contribution in [0.2, 0.25) is 0 Å². The van der Waals surface area contributed by atoms with Gasteiger partial charge in [0.2, 0.25) is 0 Å². The van der Waals surface area contributed by atoms with Gasteiger partial charge in [-0.15, -0.1) is 0 Å². The van der Waals surface area contributed by atoms with Crippen molar-refractivity contribution in [3.8, 4) is 0 Å². The third kappa shape index (κ3) is 3.86.